The van der Waals surface area contributed by atoms with Crippen molar-refractivity contribution in [3.05, 3.63) is 29.8 Å². The second kappa shape index (κ2) is 4.62. The standard InChI is InChI=1S/C10H15N3O/c1-13(2)7-12-10(14)8-5-3-4-6-9(8)11/h3-6H,7,11H2,1-2H3,(H,12,14). The summed E-state index contributed by atoms with van der Waals surface area (Å²) >= 11 is 0. The van der Waals surface area contributed by atoms with Gasteiger partial charge < -0.3 is 11.1 Å². The van der Waals surface area contributed by atoms with Gasteiger partial charge in [0, 0.05) is 5.69 Å². The van der Waals surface area contributed by atoms with Crippen molar-refractivity contribution in [1.82, 2.24) is 10.2 Å². The zero-order valence-electron chi connectivity index (χ0n) is 8.45. The first-order valence-electron chi connectivity index (χ1n) is 4.38. The van der Waals surface area contributed by atoms with Crippen LogP contribution in [-0.4, -0.2) is 31.6 Å². The van der Waals surface area contributed by atoms with Crippen LogP contribution in [0.15, 0.2) is 24.3 Å². The highest BCUT2D eigenvalue weighted by molar-refractivity contribution is 5.98. The van der Waals surface area contributed by atoms with E-state index < -0.39 is 0 Å². The van der Waals surface area contributed by atoms with E-state index in [0.717, 1.165) is 0 Å². The molecule has 0 aliphatic carbocycles. The van der Waals surface area contributed by atoms with E-state index in [9.17, 15) is 4.79 Å². The predicted molar refractivity (Wildman–Crippen MR) is 56.9 cm³/mol. The lowest BCUT2D eigenvalue weighted by Crippen LogP contribution is -2.33. The van der Waals surface area contributed by atoms with E-state index in [1.165, 1.54) is 0 Å². The largest absolute Gasteiger partial charge is 0.398 e. The van der Waals surface area contributed by atoms with Gasteiger partial charge in [-0.05, 0) is 26.2 Å². The Kier molecular flexibility index (Phi) is 3.48. The van der Waals surface area contributed by atoms with Gasteiger partial charge in [-0.25, -0.2) is 0 Å². The molecule has 0 aromatic heterocycles. The van der Waals surface area contributed by atoms with Crippen LogP contribution in [0.3, 0.4) is 0 Å². The molecule has 1 aromatic carbocycles. The summed E-state index contributed by atoms with van der Waals surface area (Å²) in [7, 11) is 3.77. The Hall–Kier alpha value is -1.55. The molecule has 1 rings (SSSR count). The van der Waals surface area contributed by atoms with Gasteiger partial charge in [-0.1, -0.05) is 12.1 Å². The second-order valence-electron chi connectivity index (χ2n) is 3.33. The molecule has 4 heteroatoms. The van der Waals surface area contributed by atoms with E-state index in [0.29, 0.717) is 17.9 Å². The zero-order chi connectivity index (χ0) is 10.6. The van der Waals surface area contributed by atoms with Gasteiger partial charge in [0.15, 0.2) is 0 Å². The van der Waals surface area contributed by atoms with Crippen molar-refractivity contribution in [1.29, 1.82) is 0 Å². The topological polar surface area (TPSA) is 58.4 Å². The molecule has 0 spiro atoms. The molecule has 0 radical (unpaired) electrons. The summed E-state index contributed by atoms with van der Waals surface area (Å²) < 4.78 is 0. The van der Waals surface area contributed by atoms with E-state index in [1.54, 1.807) is 24.3 Å². The Morgan fingerprint density at radius 3 is 2.64 bits per heavy atom. The highest BCUT2D eigenvalue weighted by Gasteiger charge is 2.07. The molecule has 1 aromatic rings. The lowest BCUT2D eigenvalue weighted by atomic mass is 10.2. The number of nitrogens with two attached hydrogens (primary N) is 1. The van der Waals surface area contributed by atoms with Crippen LogP contribution in [0.1, 0.15) is 10.4 Å². The molecule has 3 N–H and O–H groups in total. The zero-order valence-corrected chi connectivity index (χ0v) is 8.45. The maximum Gasteiger partial charge on any atom is 0.254 e. The summed E-state index contributed by atoms with van der Waals surface area (Å²) in [5, 5.41) is 2.75. The van der Waals surface area contributed by atoms with Gasteiger partial charge in [0.2, 0.25) is 0 Å². The Balaban J connectivity index is 2.65. The fraction of sp³-hybridized carbons (Fsp3) is 0.300. The molecule has 0 bridgehead atoms. The van der Waals surface area contributed by atoms with Gasteiger partial charge in [-0.3, -0.25) is 9.69 Å². The molecule has 1 amide bonds. The average molecular weight is 193 g/mol. The summed E-state index contributed by atoms with van der Waals surface area (Å²) in [6.07, 6.45) is 0. The number of para-hydroxylation sites is 1. The molecular formula is C10H15N3O. The lowest BCUT2D eigenvalue weighted by molar-refractivity contribution is 0.0936. The minimum atomic E-state index is -0.142. The summed E-state index contributed by atoms with van der Waals surface area (Å²) in [6, 6.07) is 7.02. The van der Waals surface area contributed by atoms with Gasteiger partial charge in [0.1, 0.15) is 0 Å². The maximum absolute atomic E-state index is 11.6. The molecule has 0 unspecified atom stereocenters. The highest BCUT2D eigenvalue weighted by Crippen LogP contribution is 2.09. The number of benzene rings is 1. The van der Waals surface area contributed by atoms with Gasteiger partial charge in [0.05, 0.1) is 12.2 Å². The van der Waals surface area contributed by atoms with Crippen LogP contribution in [0, 0.1) is 0 Å². The third kappa shape index (κ3) is 2.74. The Bertz CT molecular complexity index is 323. The number of hydrogen-bond acceptors (Lipinski definition) is 3. The fourth-order valence-corrected chi connectivity index (χ4v) is 1.03. The molecule has 0 saturated heterocycles. The van der Waals surface area contributed by atoms with Gasteiger partial charge in [-0.2, -0.15) is 0 Å². The van der Waals surface area contributed by atoms with Crippen LogP contribution in [0.4, 0.5) is 5.69 Å². The van der Waals surface area contributed by atoms with Crippen molar-refractivity contribution in [3.63, 3.8) is 0 Å². The number of rotatable bonds is 3. The number of carbonyl (C=O) groups excluding carboxylic acids is 1. The highest BCUT2D eigenvalue weighted by atomic mass is 16.1. The van der Waals surface area contributed by atoms with E-state index >= 15 is 0 Å². The minimum Gasteiger partial charge on any atom is -0.398 e. The molecule has 0 heterocycles. The smallest absolute Gasteiger partial charge is 0.254 e. The summed E-state index contributed by atoms with van der Waals surface area (Å²) in [5.74, 6) is -0.142. The maximum atomic E-state index is 11.6. The molecule has 0 aliphatic heterocycles. The van der Waals surface area contributed by atoms with Crippen molar-refractivity contribution in [3.8, 4) is 0 Å². The molecule has 76 valence electrons. The first kappa shape index (κ1) is 10.5. The number of amides is 1. The number of nitrogens with one attached hydrogen (secondary N) is 1. The number of hydrogen-bond donors (Lipinski definition) is 2. The number of nitrogen functional groups attached to an aromatic ring is 1. The Morgan fingerprint density at radius 1 is 1.43 bits per heavy atom. The molecule has 14 heavy (non-hydrogen) atoms. The predicted octanol–water partition coefficient (Wildman–Crippen LogP) is 0.518. The minimum absolute atomic E-state index is 0.142. The van der Waals surface area contributed by atoms with E-state index in [4.69, 9.17) is 5.73 Å². The monoisotopic (exact) mass is 193 g/mol. The van der Waals surface area contributed by atoms with Crippen LogP contribution >= 0.6 is 0 Å². The Labute approximate surface area is 83.7 Å². The fourth-order valence-electron chi connectivity index (χ4n) is 1.03. The van der Waals surface area contributed by atoms with Crippen LogP contribution < -0.4 is 11.1 Å². The number of anilines is 1. The molecular weight excluding hydrogens is 178 g/mol. The van der Waals surface area contributed by atoms with Crippen LogP contribution in [-0.2, 0) is 0 Å². The van der Waals surface area contributed by atoms with E-state index in [2.05, 4.69) is 5.32 Å². The molecule has 0 fully saturated rings. The van der Waals surface area contributed by atoms with Crippen LogP contribution in [0.5, 0.6) is 0 Å². The van der Waals surface area contributed by atoms with Gasteiger partial charge >= 0.3 is 0 Å². The first-order chi connectivity index (χ1) is 6.61. The molecule has 4 nitrogen and oxygen atoms in total. The normalized spacial score (nSPS) is 10.2. The first-order valence-corrected chi connectivity index (χ1v) is 4.38. The summed E-state index contributed by atoms with van der Waals surface area (Å²) in [5.41, 5.74) is 6.68. The van der Waals surface area contributed by atoms with Crippen molar-refractivity contribution < 1.29 is 4.79 Å². The van der Waals surface area contributed by atoms with Crippen LogP contribution in [0.25, 0.3) is 0 Å². The van der Waals surface area contributed by atoms with E-state index in [-0.39, 0.29) is 5.91 Å². The third-order valence-corrected chi connectivity index (χ3v) is 1.76. The van der Waals surface area contributed by atoms with Gasteiger partial charge in [0.25, 0.3) is 5.91 Å². The molecule has 0 aliphatic rings. The lowest BCUT2D eigenvalue weighted by Gasteiger charge is -2.11. The van der Waals surface area contributed by atoms with Crippen molar-refractivity contribution in [2.75, 3.05) is 26.5 Å². The second-order valence-corrected chi connectivity index (χ2v) is 3.33. The van der Waals surface area contributed by atoms with Crippen LogP contribution in [0.2, 0.25) is 0 Å². The molecule has 0 saturated carbocycles. The molecule has 0 atom stereocenters. The summed E-state index contributed by atoms with van der Waals surface area (Å²) in [6.45, 7) is 0.507. The van der Waals surface area contributed by atoms with Crippen molar-refractivity contribution in [2.45, 2.75) is 0 Å². The number of nitrogens with zero attached hydrogens (tertiary/aromatic N) is 1. The van der Waals surface area contributed by atoms with Crippen molar-refractivity contribution >= 4 is 11.6 Å². The SMILES string of the molecule is CN(C)CNC(=O)c1ccccc1N. The quantitative estimate of drug-likeness (QED) is 0.543. The average Bonchev–Trinajstić information content (AvgIpc) is 2.15. The third-order valence-electron chi connectivity index (χ3n) is 1.76. The van der Waals surface area contributed by atoms with Gasteiger partial charge in [-0.15, -0.1) is 0 Å². The van der Waals surface area contributed by atoms with Crippen molar-refractivity contribution in [2.24, 2.45) is 0 Å². The van der Waals surface area contributed by atoms with E-state index in [1.807, 2.05) is 19.0 Å². The Morgan fingerprint density at radius 2 is 2.07 bits per heavy atom. The number of carbonyl (C=O) groups is 1. The summed E-state index contributed by atoms with van der Waals surface area (Å²) in [4.78, 5) is 13.4.